The topological polar surface area (TPSA) is 51.7 Å². The number of pyridine rings is 1. The molecule has 1 aliphatic heterocycles. The Hall–Kier alpha value is -3.41. The van der Waals surface area contributed by atoms with Crippen molar-refractivity contribution in [2.24, 2.45) is 17.8 Å². The summed E-state index contributed by atoms with van der Waals surface area (Å²) in [5.41, 5.74) is 2.46. The van der Waals surface area contributed by atoms with E-state index in [0.29, 0.717) is 41.4 Å². The Balaban J connectivity index is 1.24. The maximum Gasteiger partial charge on any atom is 0.254 e. The van der Waals surface area contributed by atoms with E-state index in [4.69, 9.17) is 9.47 Å². The number of amides is 1. The van der Waals surface area contributed by atoms with Gasteiger partial charge in [-0.1, -0.05) is 18.2 Å². The highest BCUT2D eigenvalue weighted by molar-refractivity contribution is 5.95. The molecule has 1 saturated heterocycles. The van der Waals surface area contributed by atoms with E-state index in [2.05, 4.69) is 4.98 Å². The number of carbonyl (C=O) groups excluding carboxylic acids is 1. The zero-order valence-corrected chi connectivity index (χ0v) is 19.3. The molecule has 3 atom stereocenters. The Bertz CT molecular complexity index is 1150. The summed E-state index contributed by atoms with van der Waals surface area (Å²) in [5.74, 6) is 2.43. The fraction of sp³-hybridized carbons (Fsp3) is 0.357. The van der Waals surface area contributed by atoms with Gasteiger partial charge in [0.2, 0.25) is 0 Å². The van der Waals surface area contributed by atoms with Gasteiger partial charge < -0.3 is 14.4 Å². The van der Waals surface area contributed by atoms with E-state index in [9.17, 15) is 9.18 Å². The Morgan fingerprint density at radius 2 is 1.97 bits per heavy atom. The molecule has 6 heteroatoms. The quantitative estimate of drug-likeness (QED) is 0.489. The lowest BCUT2D eigenvalue weighted by Gasteiger charge is -2.21. The number of hydrogen-bond donors (Lipinski definition) is 0. The fourth-order valence-electron chi connectivity index (χ4n) is 5.50. The molecule has 1 aromatic heterocycles. The van der Waals surface area contributed by atoms with Gasteiger partial charge in [-0.15, -0.1) is 0 Å². The number of carbonyl (C=O) groups is 1. The minimum atomic E-state index is -0.184. The fourth-order valence-corrected chi connectivity index (χ4v) is 5.50. The molecular formula is C28H29FN2O3. The molecular weight excluding hydrogens is 431 g/mol. The average molecular weight is 461 g/mol. The second-order valence-electron chi connectivity index (χ2n) is 9.28. The first kappa shape index (κ1) is 22.4. The van der Waals surface area contributed by atoms with Crippen molar-refractivity contribution in [3.63, 3.8) is 0 Å². The lowest BCUT2D eigenvalue weighted by Crippen LogP contribution is -2.30. The first-order chi connectivity index (χ1) is 16.6. The molecule has 2 heterocycles. The van der Waals surface area contributed by atoms with Crippen LogP contribution in [0, 0.1) is 23.6 Å². The molecule has 1 aliphatic carbocycles. The summed E-state index contributed by atoms with van der Waals surface area (Å²) in [6.45, 7) is 1.86. The molecule has 0 radical (unpaired) electrons. The van der Waals surface area contributed by atoms with Crippen LogP contribution in [0.1, 0.15) is 34.5 Å². The number of aromatic nitrogens is 1. The minimum Gasteiger partial charge on any atom is -0.493 e. The van der Waals surface area contributed by atoms with Crippen LogP contribution in [0.25, 0.3) is 0 Å². The summed E-state index contributed by atoms with van der Waals surface area (Å²) in [6, 6.07) is 17.9. The lowest BCUT2D eigenvalue weighted by molar-refractivity contribution is 0.0776. The van der Waals surface area contributed by atoms with E-state index in [1.54, 1.807) is 43.6 Å². The Morgan fingerprint density at radius 1 is 1.06 bits per heavy atom. The second-order valence-corrected chi connectivity index (χ2v) is 9.28. The van der Waals surface area contributed by atoms with Crippen LogP contribution in [-0.4, -0.2) is 36.0 Å². The molecule has 34 heavy (non-hydrogen) atoms. The molecule has 0 bridgehead atoms. The molecule has 0 N–H and O–H groups in total. The summed E-state index contributed by atoms with van der Waals surface area (Å²) in [7, 11) is 1.58. The molecule has 1 amide bonds. The monoisotopic (exact) mass is 460 g/mol. The van der Waals surface area contributed by atoms with Gasteiger partial charge in [0.25, 0.3) is 5.91 Å². The van der Waals surface area contributed by atoms with Crippen molar-refractivity contribution < 1.29 is 18.7 Å². The van der Waals surface area contributed by atoms with Crippen molar-refractivity contribution in [3.8, 4) is 11.5 Å². The van der Waals surface area contributed by atoms with Gasteiger partial charge in [-0.3, -0.25) is 9.78 Å². The SMILES string of the molecule is COc1cc(C(=O)N2C[C@H]3CC[C@H](Cc4cccc(F)c4)[C@H]3C2)ccc1OCc1ccccn1. The highest BCUT2D eigenvalue weighted by Gasteiger charge is 2.43. The van der Waals surface area contributed by atoms with Crippen LogP contribution < -0.4 is 9.47 Å². The maximum atomic E-state index is 13.6. The third kappa shape index (κ3) is 4.76. The molecule has 176 valence electrons. The molecule has 5 nitrogen and oxygen atoms in total. The van der Waals surface area contributed by atoms with Crippen molar-refractivity contribution >= 4 is 5.91 Å². The minimum absolute atomic E-state index is 0.0217. The number of nitrogens with zero attached hydrogens (tertiary/aromatic N) is 2. The van der Waals surface area contributed by atoms with Gasteiger partial charge >= 0.3 is 0 Å². The molecule has 2 aromatic carbocycles. The van der Waals surface area contributed by atoms with Crippen molar-refractivity contribution in [1.29, 1.82) is 0 Å². The Labute approximate surface area is 199 Å². The van der Waals surface area contributed by atoms with Gasteiger partial charge in [0.05, 0.1) is 12.8 Å². The molecule has 5 rings (SSSR count). The van der Waals surface area contributed by atoms with Gasteiger partial charge in [-0.2, -0.15) is 0 Å². The highest BCUT2D eigenvalue weighted by Crippen LogP contribution is 2.44. The third-order valence-corrected chi connectivity index (χ3v) is 7.19. The standard InChI is InChI=1S/C28H29FN2O3/c1-33-27-15-21(10-11-26(27)34-18-24-7-2-3-12-30-24)28(32)31-16-22-9-8-20(25(22)17-31)13-19-5-4-6-23(29)14-19/h2-7,10-12,14-15,20,22,25H,8-9,13,16-18H2,1H3/t20-,22-,25-/m1/s1. The third-order valence-electron chi connectivity index (χ3n) is 7.19. The van der Waals surface area contributed by atoms with Crippen LogP contribution in [0.4, 0.5) is 4.39 Å². The van der Waals surface area contributed by atoms with Crippen molar-refractivity contribution in [2.45, 2.75) is 25.9 Å². The smallest absolute Gasteiger partial charge is 0.254 e. The normalized spacial score (nSPS) is 21.4. The number of methoxy groups -OCH3 is 1. The first-order valence-corrected chi connectivity index (χ1v) is 11.8. The highest BCUT2D eigenvalue weighted by atomic mass is 19.1. The molecule has 1 saturated carbocycles. The summed E-state index contributed by atoms with van der Waals surface area (Å²) in [5, 5.41) is 0. The van der Waals surface area contributed by atoms with Crippen LogP contribution in [0.5, 0.6) is 11.5 Å². The molecule has 2 aliphatic rings. The van der Waals surface area contributed by atoms with Gasteiger partial charge in [0, 0.05) is 24.8 Å². The predicted octanol–water partition coefficient (Wildman–Crippen LogP) is 5.15. The summed E-state index contributed by atoms with van der Waals surface area (Å²) < 4.78 is 25.0. The Morgan fingerprint density at radius 3 is 2.76 bits per heavy atom. The number of hydrogen-bond acceptors (Lipinski definition) is 4. The number of rotatable bonds is 7. The van der Waals surface area contributed by atoms with Gasteiger partial charge in [-0.05, 0) is 85.0 Å². The number of fused-ring (bicyclic) bond motifs is 1. The molecule has 0 unspecified atom stereocenters. The number of ether oxygens (including phenoxy) is 2. The van der Waals surface area contributed by atoms with E-state index in [1.165, 1.54) is 6.07 Å². The van der Waals surface area contributed by atoms with Gasteiger partial charge in [0.15, 0.2) is 11.5 Å². The Kier molecular flexibility index (Phi) is 6.48. The maximum absolute atomic E-state index is 13.6. The van der Waals surface area contributed by atoms with Crippen LogP contribution in [-0.2, 0) is 13.0 Å². The predicted molar refractivity (Wildman–Crippen MR) is 127 cm³/mol. The van der Waals surface area contributed by atoms with Crippen LogP contribution in [0.3, 0.4) is 0 Å². The molecule has 3 aromatic rings. The van der Waals surface area contributed by atoms with Gasteiger partial charge in [-0.25, -0.2) is 4.39 Å². The van der Waals surface area contributed by atoms with E-state index in [-0.39, 0.29) is 11.7 Å². The van der Waals surface area contributed by atoms with Crippen LogP contribution >= 0.6 is 0 Å². The molecule has 2 fully saturated rings. The van der Waals surface area contributed by atoms with Crippen molar-refractivity contribution in [1.82, 2.24) is 9.88 Å². The van der Waals surface area contributed by atoms with Crippen LogP contribution in [0.15, 0.2) is 66.9 Å². The van der Waals surface area contributed by atoms with Crippen LogP contribution in [0.2, 0.25) is 0 Å². The van der Waals surface area contributed by atoms with E-state index in [0.717, 1.165) is 43.6 Å². The number of benzene rings is 2. The van der Waals surface area contributed by atoms with E-state index < -0.39 is 0 Å². The lowest BCUT2D eigenvalue weighted by atomic mass is 9.87. The second kappa shape index (κ2) is 9.84. The zero-order valence-electron chi connectivity index (χ0n) is 19.3. The van der Waals surface area contributed by atoms with Gasteiger partial charge in [0.1, 0.15) is 12.4 Å². The number of halogens is 1. The number of likely N-dealkylation sites (tertiary alicyclic amines) is 1. The van der Waals surface area contributed by atoms with E-state index >= 15 is 0 Å². The van der Waals surface area contributed by atoms with E-state index in [1.807, 2.05) is 29.2 Å². The summed E-state index contributed by atoms with van der Waals surface area (Å²) >= 11 is 0. The summed E-state index contributed by atoms with van der Waals surface area (Å²) in [6.07, 6.45) is 4.87. The van der Waals surface area contributed by atoms with Crippen molar-refractivity contribution in [3.05, 3.63) is 89.5 Å². The molecule has 0 spiro atoms. The van der Waals surface area contributed by atoms with Crippen molar-refractivity contribution in [2.75, 3.05) is 20.2 Å². The first-order valence-electron chi connectivity index (χ1n) is 11.8. The largest absolute Gasteiger partial charge is 0.493 e. The average Bonchev–Trinajstić information content (AvgIpc) is 3.45. The zero-order chi connectivity index (χ0) is 23.5. The summed E-state index contributed by atoms with van der Waals surface area (Å²) in [4.78, 5) is 19.6.